The normalized spacial score (nSPS) is 13.9. The van der Waals surface area contributed by atoms with Crippen molar-refractivity contribution in [3.05, 3.63) is 83.9 Å². The highest BCUT2D eigenvalue weighted by Gasteiger charge is 2.22. The molecular formula is C20H20O2. The van der Waals surface area contributed by atoms with Crippen LogP contribution in [-0.4, -0.2) is 16.8 Å². The van der Waals surface area contributed by atoms with Crippen molar-refractivity contribution in [3.63, 3.8) is 0 Å². The van der Waals surface area contributed by atoms with Crippen LogP contribution in [0.4, 0.5) is 0 Å². The summed E-state index contributed by atoms with van der Waals surface area (Å²) in [6, 6.07) is 23.9. The van der Waals surface area contributed by atoms with E-state index in [-0.39, 0.29) is 12.5 Å². The number of rotatable bonds is 5. The van der Waals surface area contributed by atoms with Crippen molar-refractivity contribution >= 4 is 10.8 Å². The van der Waals surface area contributed by atoms with Gasteiger partial charge in [-0.3, -0.25) is 0 Å². The van der Waals surface area contributed by atoms with Gasteiger partial charge in [0, 0.05) is 12.5 Å². The fourth-order valence-electron chi connectivity index (χ4n) is 2.96. The molecule has 3 rings (SSSR count). The second-order valence-electron chi connectivity index (χ2n) is 5.65. The Labute approximate surface area is 130 Å². The first-order chi connectivity index (χ1) is 10.8. The second-order valence-corrected chi connectivity index (χ2v) is 5.65. The first-order valence-electron chi connectivity index (χ1n) is 7.60. The number of aliphatic hydroxyl groups excluding tert-OH is 2. The molecule has 2 unspecified atom stereocenters. The van der Waals surface area contributed by atoms with Gasteiger partial charge in [0.25, 0.3) is 0 Å². The van der Waals surface area contributed by atoms with Gasteiger partial charge in [0.15, 0.2) is 0 Å². The Morgan fingerprint density at radius 2 is 1.45 bits per heavy atom. The summed E-state index contributed by atoms with van der Waals surface area (Å²) in [5.74, 6) is -0.215. The van der Waals surface area contributed by atoms with Crippen LogP contribution in [0.2, 0.25) is 0 Å². The lowest BCUT2D eigenvalue weighted by Gasteiger charge is -2.22. The second kappa shape index (κ2) is 6.73. The Bertz CT molecular complexity index is 732. The minimum Gasteiger partial charge on any atom is -0.396 e. The highest BCUT2D eigenvalue weighted by Crippen LogP contribution is 2.30. The molecule has 3 aromatic carbocycles. The van der Waals surface area contributed by atoms with Crippen molar-refractivity contribution in [1.82, 2.24) is 0 Å². The third kappa shape index (κ3) is 3.03. The van der Waals surface area contributed by atoms with Gasteiger partial charge in [-0.05, 0) is 28.3 Å². The van der Waals surface area contributed by atoms with Crippen LogP contribution in [0.1, 0.15) is 17.2 Å². The van der Waals surface area contributed by atoms with Crippen LogP contribution in [-0.2, 0) is 6.42 Å². The van der Waals surface area contributed by atoms with Crippen LogP contribution in [0.25, 0.3) is 10.8 Å². The molecule has 0 aliphatic heterocycles. The lowest BCUT2D eigenvalue weighted by atomic mass is 9.88. The van der Waals surface area contributed by atoms with Crippen LogP contribution in [0.5, 0.6) is 0 Å². The molecule has 2 N–H and O–H groups in total. The van der Waals surface area contributed by atoms with Crippen molar-refractivity contribution in [2.75, 3.05) is 6.61 Å². The molecule has 0 amide bonds. The number of hydrogen-bond acceptors (Lipinski definition) is 2. The zero-order valence-corrected chi connectivity index (χ0v) is 12.4. The number of benzene rings is 3. The Hall–Kier alpha value is -2.16. The van der Waals surface area contributed by atoms with E-state index in [4.69, 9.17) is 0 Å². The molecule has 2 heteroatoms. The van der Waals surface area contributed by atoms with Crippen molar-refractivity contribution < 1.29 is 10.2 Å². The van der Waals surface area contributed by atoms with Crippen LogP contribution < -0.4 is 0 Å². The Balaban J connectivity index is 1.91. The van der Waals surface area contributed by atoms with E-state index in [0.29, 0.717) is 6.42 Å². The van der Waals surface area contributed by atoms with E-state index >= 15 is 0 Å². The average molecular weight is 292 g/mol. The topological polar surface area (TPSA) is 40.5 Å². The van der Waals surface area contributed by atoms with Gasteiger partial charge in [-0.2, -0.15) is 0 Å². The Morgan fingerprint density at radius 3 is 2.23 bits per heavy atom. The number of hydrogen-bond donors (Lipinski definition) is 2. The summed E-state index contributed by atoms with van der Waals surface area (Å²) in [5.41, 5.74) is 2.01. The maximum Gasteiger partial charge on any atom is 0.0849 e. The van der Waals surface area contributed by atoms with E-state index in [1.165, 1.54) is 0 Å². The third-order valence-corrected chi connectivity index (χ3v) is 4.16. The molecule has 2 atom stereocenters. The van der Waals surface area contributed by atoms with Gasteiger partial charge >= 0.3 is 0 Å². The van der Waals surface area contributed by atoms with E-state index in [1.54, 1.807) is 0 Å². The first kappa shape index (κ1) is 14.8. The zero-order chi connectivity index (χ0) is 15.4. The molecule has 3 aromatic rings. The van der Waals surface area contributed by atoms with Crippen molar-refractivity contribution in [1.29, 1.82) is 0 Å². The summed E-state index contributed by atoms with van der Waals surface area (Å²) in [6.45, 7) is -0.0424. The van der Waals surface area contributed by atoms with E-state index in [1.807, 2.05) is 72.8 Å². The minimum atomic E-state index is -0.684. The van der Waals surface area contributed by atoms with Crippen molar-refractivity contribution in [2.24, 2.45) is 5.92 Å². The minimum absolute atomic E-state index is 0.0424. The third-order valence-electron chi connectivity index (χ3n) is 4.16. The standard InChI is InChI=1S/C20H20O2/c21-14-17(13-15-7-2-1-3-8-15)20(22)19-12-6-10-16-9-4-5-11-18(16)19/h1-12,17,20-22H,13-14H2. The summed E-state index contributed by atoms with van der Waals surface area (Å²) in [7, 11) is 0. The smallest absolute Gasteiger partial charge is 0.0849 e. The van der Waals surface area contributed by atoms with Gasteiger partial charge in [-0.25, -0.2) is 0 Å². The van der Waals surface area contributed by atoms with Crippen molar-refractivity contribution in [2.45, 2.75) is 12.5 Å². The molecule has 0 aromatic heterocycles. The monoisotopic (exact) mass is 292 g/mol. The maximum absolute atomic E-state index is 10.8. The highest BCUT2D eigenvalue weighted by molar-refractivity contribution is 5.86. The molecular weight excluding hydrogens is 272 g/mol. The fourth-order valence-corrected chi connectivity index (χ4v) is 2.96. The summed E-state index contributed by atoms with van der Waals surface area (Å²) in [4.78, 5) is 0. The van der Waals surface area contributed by atoms with Gasteiger partial charge < -0.3 is 10.2 Å². The molecule has 0 radical (unpaired) electrons. The summed E-state index contributed by atoms with van der Waals surface area (Å²) >= 11 is 0. The molecule has 0 heterocycles. The van der Waals surface area contributed by atoms with Gasteiger partial charge in [-0.15, -0.1) is 0 Å². The van der Waals surface area contributed by atoms with Gasteiger partial charge in [-0.1, -0.05) is 72.8 Å². The quantitative estimate of drug-likeness (QED) is 0.752. The average Bonchev–Trinajstić information content (AvgIpc) is 2.59. The molecule has 22 heavy (non-hydrogen) atoms. The molecule has 0 bridgehead atoms. The van der Waals surface area contributed by atoms with E-state index in [2.05, 4.69) is 0 Å². The predicted molar refractivity (Wildman–Crippen MR) is 89.6 cm³/mol. The Kier molecular flexibility index (Phi) is 4.52. The fraction of sp³-hybridized carbons (Fsp3) is 0.200. The molecule has 0 saturated heterocycles. The molecule has 0 aliphatic rings. The molecule has 0 aliphatic carbocycles. The lowest BCUT2D eigenvalue weighted by Crippen LogP contribution is -2.19. The van der Waals surface area contributed by atoms with Crippen molar-refractivity contribution in [3.8, 4) is 0 Å². The largest absolute Gasteiger partial charge is 0.396 e. The maximum atomic E-state index is 10.8. The van der Waals surface area contributed by atoms with Gasteiger partial charge in [0.1, 0.15) is 0 Å². The number of fused-ring (bicyclic) bond motifs is 1. The predicted octanol–water partition coefficient (Wildman–Crippen LogP) is 3.72. The molecule has 2 nitrogen and oxygen atoms in total. The first-order valence-corrected chi connectivity index (χ1v) is 7.60. The summed E-state index contributed by atoms with van der Waals surface area (Å²) < 4.78 is 0. The molecule has 0 fully saturated rings. The molecule has 112 valence electrons. The van der Waals surface area contributed by atoms with E-state index in [9.17, 15) is 10.2 Å². The highest BCUT2D eigenvalue weighted by atomic mass is 16.3. The lowest BCUT2D eigenvalue weighted by molar-refractivity contribution is 0.0679. The molecule has 0 spiro atoms. The van der Waals surface area contributed by atoms with Crippen LogP contribution in [0.15, 0.2) is 72.8 Å². The zero-order valence-electron chi connectivity index (χ0n) is 12.4. The van der Waals surface area contributed by atoms with Crippen LogP contribution in [0.3, 0.4) is 0 Å². The van der Waals surface area contributed by atoms with Gasteiger partial charge in [0.05, 0.1) is 6.10 Å². The van der Waals surface area contributed by atoms with Crippen LogP contribution in [0, 0.1) is 5.92 Å². The van der Waals surface area contributed by atoms with E-state index in [0.717, 1.165) is 21.9 Å². The number of aliphatic hydroxyl groups is 2. The summed E-state index contributed by atoms with van der Waals surface area (Å²) in [6.07, 6.45) is -0.0295. The molecule has 0 saturated carbocycles. The summed E-state index contributed by atoms with van der Waals surface area (Å²) in [5, 5.41) is 22.7. The van der Waals surface area contributed by atoms with Crippen LogP contribution >= 0.6 is 0 Å². The van der Waals surface area contributed by atoms with Gasteiger partial charge in [0.2, 0.25) is 0 Å². The SMILES string of the molecule is OCC(Cc1ccccc1)C(O)c1cccc2ccccc12. The Morgan fingerprint density at radius 1 is 0.773 bits per heavy atom. The van der Waals surface area contributed by atoms with E-state index < -0.39 is 6.10 Å².